The number of carboxylic acid groups (broad SMARTS) is 1. The first-order valence-electron chi connectivity index (χ1n) is 8.36. The van der Waals surface area contributed by atoms with Gasteiger partial charge in [-0.3, -0.25) is 4.79 Å². The van der Waals surface area contributed by atoms with Gasteiger partial charge < -0.3 is 25.8 Å². The van der Waals surface area contributed by atoms with Gasteiger partial charge in [0.15, 0.2) is 0 Å². The second kappa shape index (κ2) is 7.01. The van der Waals surface area contributed by atoms with E-state index in [2.05, 4.69) is 15.6 Å². The highest BCUT2D eigenvalue weighted by Crippen LogP contribution is 2.30. The van der Waals surface area contributed by atoms with Crippen LogP contribution in [0.15, 0.2) is 24.4 Å². The summed E-state index contributed by atoms with van der Waals surface area (Å²) < 4.78 is 6.79. The summed E-state index contributed by atoms with van der Waals surface area (Å²) in [6.07, 6.45) is 1.81. The number of para-hydroxylation sites is 1. The van der Waals surface area contributed by atoms with Crippen molar-refractivity contribution in [2.24, 2.45) is 5.73 Å². The van der Waals surface area contributed by atoms with E-state index in [9.17, 15) is 19.7 Å². The molecule has 1 aliphatic rings. The highest BCUT2D eigenvalue weighted by Gasteiger charge is 2.41. The number of hydrogen-bond acceptors (Lipinski definition) is 7. The number of fused-ring (bicyclic) bond motifs is 1. The van der Waals surface area contributed by atoms with Crippen LogP contribution in [0, 0.1) is 0 Å². The molecule has 1 aromatic carbocycles. The van der Waals surface area contributed by atoms with Crippen LogP contribution >= 0.6 is 0 Å². The Balaban J connectivity index is 1.79. The summed E-state index contributed by atoms with van der Waals surface area (Å²) in [5.41, 5.74) is 5.55. The quantitative estimate of drug-likeness (QED) is 0.503. The minimum Gasteiger partial charge on any atom is -0.534 e. The van der Waals surface area contributed by atoms with Gasteiger partial charge >= 0.3 is 13.1 Å². The molecule has 0 saturated heterocycles. The summed E-state index contributed by atoms with van der Waals surface area (Å²) in [5, 5.41) is 30.1. The Morgan fingerprint density at radius 2 is 2.22 bits per heavy atom. The number of carbonyl (C=O) groups is 2. The standard InChI is InChI=1S/C16H20BN5O5/c1-16(2,22-8-10(7-18)20-21-22)15(25)19-12-6-9-4-3-5-11(14(23)24)13(9)27-17(12)26/h3-5,8,12,26H,6-7,18H2,1-2H3,(H,19,25)(H,23,24)/t12-/m0/s1. The van der Waals surface area contributed by atoms with Crippen molar-refractivity contribution < 1.29 is 24.4 Å². The van der Waals surface area contributed by atoms with Crippen molar-refractivity contribution in [3.05, 3.63) is 41.2 Å². The van der Waals surface area contributed by atoms with E-state index in [-0.39, 0.29) is 24.3 Å². The third kappa shape index (κ3) is 3.51. The average molecular weight is 373 g/mol. The van der Waals surface area contributed by atoms with E-state index < -0.39 is 30.5 Å². The number of rotatable bonds is 5. The Morgan fingerprint density at radius 3 is 2.85 bits per heavy atom. The van der Waals surface area contributed by atoms with Crippen LogP contribution in [0.4, 0.5) is 0 Å². The Bertz CT molecular complexity index is 884. The first-order valence-corrected chi connectivity index (χ1v) is 8.36. The number of nitrogens with one attached hydrogen (secondary N) is 1. The molecule has 27 heavy (non-hydrogen) atoms. The molecule has 0 spiro atoms. The van der Waals surface area contributed by atoms with Gasteiger partial charge in [0.25, 0.3) is 0 Å². The molecule has 1 atom stereocenters. The molecule has 11 heteroatoms. The van der Waals surface area contributed by atoms with Crippen molar-refractivity contribution >= 4 is 19.0 Å². The first-order chi connectivity index (χ1) is 12.7. The van der Waals surface area contributed by atoms with Gasteiger partial charge in [-0.25, -0.2) is 9.48 Å². The van der Waals surface area contributed by atoms with Gasteiger partial charge in [-0.05, 0) is 31.9 Å². The van der Waals surface area contributed by atoms with Crippen molar-refractivity contribution in [1.82, 2.24) is 20.3 Å². The molecule has 2 heterocycles. The molecule has 1 amide bonds. The number of benzene rings is 1. The zero-order chi connectivity index (χ0) is 19.8. The maximum absolute atomic E-state index is 12.8. The average Bonchev–Trinajstić information content (AvgIpc) is 3.11. The number of carbonyl (C=O) groups excluding carboxylic acids is 1. The van der Waals surface area contributed by atoms with Gasteiger partial charge in [0, 0.05) is 6.54 Å². The van der Waals surface area contributed by atoms with Gasteiger partial charge in [-0.15, -0.1) is 5.10 Å². The van der Waals surface area contributed by atoms with Gasteiger partial charge in [0.1, 0.15) is 11.3 Å². The molecule has 10 nitrogen and oxygen atoms in total. The van der Waals surface area contributed by atoms with E-state index in [1.807, 2.05) is 0 Å². The molecule has 0 unspecified atom stereocenters. The molecular weight excluding hydrogens is 353 g/mol. The minimum atomic E-state index is -1.38. The highest BCUT2D eigenvalue weighted by molar-refractivity contribution is 6.47. The zero-order valence-electron chi connectivity index (χ0n) is 14.9. The van der Waals surface area contributed by atoms with Crippen molar-refractivity contribution in [2.45, 2.75) is 38.3 Å². The van der Waals surface area contributed by atoms with Crippen LogP contribution in [0.2, 0.25) is 0 Å². The summed E-state index contributed by atoms with van der Waals surface area (Å²) in [5.74, 6) is -2.18. The van der Waals surface area contributed by atoms with Crippen molar-refractivity contribution in [1.29, 1.82) is 0 Å². The molecule has 5 N–H and O–H groups in total. The van der Waals surface area contributed by atoms with E-state index in [0.717, 1.165) is 0 Å². The second-order valence-electron chi connectivity index (χ2n) is 6.81. The second-order valence-corrected chi connectivity index (χ2v) is 6.81. The Morgan fingerprint density at radius 1 is 1.48 bits per heavy atom. The summed E-state index contributed by atoms with van der Waals surface area (Å²) in [4.78, 5) is 24.1. The number of aromatic nitrogens is 3. The number of amides is 1. The largest absolute Gasteiger partial charge is 0.547 e. The lowest BCUT2D eigenvalue weighted by molar-refractivity contribution is -0.129. The van der Waals surface area contributed by atoms with Crippen LogP contribution in [-0.2, 0) is 23.3 Å². The molecule has 0 saturated carbocycles. The number of nitrogens with zero attached hydrogens (tertiary/aromatic N) is 3. The lowest BCUT2D eigenvalue weighted by Gasteiger charge is -2.31. The van der Waals surface area contributed by atoms with Crippen LogP contribution in [0.1, 0.15) is 35.5 Å². The zero-order valence-corrected chi connectivity index (χ0v) is 14.9. The number of hydrogen-bond donors (Lipinski definition) is 4. The van der Waals surface area contributed by atoms with E-state index in [1.54, 1.807) is 32.2 Å². The SMILES string of the molecule is CC(C)(C(=O)N[C@H]1Cc2cccc(C(=O)O)c2OB1O)n1cc(CN)nn1. The van der Waals surface area contributed by atoms with E-state index in [1.165, 1.54) is 10.7 Å². The van der Waals surface area contributed by atoms with Crippen LogP contribution < -0.4 is 15.7 Å². The Kier molecular flexibility index (Phi) is 4.90. The Hall–Kier alpha value is -2.92. The normalized spacial score (nSPS) is 16.4. The summed E-state index contributed by atoms with van der Waals surface area (Å²) in [6.45, 7) is 3.52. The molecule has 2 aromatic rings. The molecule has 0 aliphatic carbocycles. The van der Waals surface area contributed by atoms with E-state index >= 15 is 0 Å². The molecule has 0 fully saturated rings. The molecule has 3 rings (SSSR count). The summed E-state index contributed by atoms with van der Waals surface area (Å²) in [7, 11) is -1.38. The van der Waals surface area contributed by atoms with Crippen LogP contribution in [-0.4, -0.2) is 50.1 Å². The van der Waals surface area contributed by atoms with Crippen molar-refractivity contribution in [3.8, 4) is 5.75 Å². The van der Waals surface area contributed by atoms with Crippen LogP contribution in [0.3, 0.4) is 0 Å². The van der Waals surface area contributed by atoms with E-state index in [4.69, 9.17) is 10.4 Å². The molecule has 1 aromatic heterocycles. The topological polar surface area (TPSA) is 153 Å². The maximum Gasteiger partial charge on any atom is 0.547 e. The predicted molar refractivity (Wildman–Crippen MR) is 94.9 cm³/mol. The molecule has 0 bridgehead atoms. The minimum absolute atomic E-state index is 0.0337. The molecule has 1 aliphatic heterocycles. The fourth-order valence-corrected chi connectivity index (χ4v) is 2.83. The highest BCUT2D eigenvalue weighted by atomic mass is 16.5. The van der Waals surface area contributed by atoms with Gasteiger partial charge in [0.2, 0.25) is 5.91 Å². The molecule has 142 valence electrons. The van der Waals surface area contributed by atoms with Crippen LogP contribution in [0.5, 0.6) is 5.75 Å². The Labute approximate surface area is 155 Å². The predicted octanol–water partition coefficient (Wildman–Crippen LogP) is -0.690. The lowest BCUT2D eigenvalue weighted by Crippen LogP contribution is -2.57. The van der Waals surface area contributed by atoms with Crippen molar-refractivity contribution in [3.63, 3.8) is 0 Å². The van der Waals surface area contributed by atoms with Gasteiger partial charge in [0.05, 0.1) is 23.4 Å². The van der Waals surface area contributed by atoms with Gasteiger partial charge in [-0.1, -0.05) is 17.3 Å². The summed E-state index contributed by atoms with van der Waals surface area (Å²) >= 11 is 0. The fraction of sp³-hybridized carbons (Fsp3) is 0.375. The number of carboxylic acids is 1. The third-order valence-electron chi connectivity index (χ3n) is 4.54. The monoisotopic (exact) mass is 373 g/mol. The number of nitrogens with two attached hydrogens (primary N) is 1. The lowest BCUT2D eigenvalue weighted by atomic mass is 9.72. The smallest absolute Gasteiger partial charge is 0.534 e. The first kappa shape index (κ1) is 18.9. The van der Waals surface area contributed by atoms with Gasteiger partial charge in [-0.2, -0.15) is 0 Å². The summed E-state index contributed by atoms with van der Waals surface area (Å²) in [6, 6.07) is 4.69. The third-order valence-corrected chi connectivity index (χ3v) is 4.54. The number of aromatic carboxylic acids is 1. The maximum atomic E-state index is 12.8. The molecular formula is C16H20BN5O5. The van der Waals surface area contributed by atoms with Crippen molar-refractivity contribution in [2.75, 3.05) is 0 Å². The van der Waals surface area contributed by atoms with Crippen LogP contribution in [0.25, 0.3) is 0 Å². The fourth-order valence-electron chi connectivity index (χ4n) is 2.83. The van der Waals surface area contributed by atoms with E-state index in [0.29, 0.717) is 11.3 Å². The molecule has 0 radical (unpaired) electrons.